The van der Waals surface area contributed by atoms with Crippen molar-refractivity contribution < 1.29 is 9.59 Å². The quantitative estimate of drug-likeness (QED) is 0.665. The standard InChI is InChI=1S/C13H18O2/c1-6-10-11(9(4)14)7-13(5,8(2)3)12(10)15/h2,6-7H2,1,3-5H3. The van der Waals surface area contributed by atoms with Gasteiger partial charge in [0.1, 0.15) is 0 Å². The SMILES string of the molecule is C=C(C)C1(C)CC(C(C)=O)=C(CC)C1=O. The molecule has 0 amide bonds. The molecule has 0 aromatic heterocycles. The van der Waals surface area contributed by atoms with Crippen LogP contribution in [0, 0.1) is 5.41 Å². The molecule has 1 unspecified atom stereocenters. The predicted octanol–water partition coefficient (Wildman–Crippen LogP) is 2.84. The minimum Gasteiger partial charge on any atom is -0.295 e. The van der Waals surface area contributed by atoms with Crippen LogP contribution in [0.1, 0.15) is 40.5 Å². The first kappa shape index (κ1) is 11.9. The van der Waals surface area contributed by atoms with Crippen LogP contribution in [-0.4, -0.2) is 11.6 Å². The van der Waals surface area contributed by atoms with Crippen LogP contribution in [0.5, 0.6) is 0 Å². The largest absolute Gasteiger partial charge is 0.295 e. The molecule has 82 valence electrons. The fourth-order valence-electron chi connectivity index (χ4n) is 2.07. The van der Waals surface area contributed by atoms with Crippen molar-refractivity contribution in [2.75, 3.05) is 0 Å². The summed E-state index contributed by atoms with van der Waals surface area (Å²) in [6.45, 7) is 11.0. The third kappa shape index (κ3) is 1.69. The summed E-state index contributed by atoms with van der Waals surface area (Å²) in [7, 11) is 0. The molecule has 0 saturated carbocycles. The summed E-state index contributed by atoms with van der Waals surface area (Å²) in [5, 5.41) is 0. The third-order valence-electron chi connectivity index (χ3n) is 3.39. The molecule has 1 rings (SSSR count). The average molecular weight is 206 g/mol. The van der Waals surface area contributed by atoms with Gasteiger partial charge in [-0.05, 0) is 33.6 Å². The molecular formula is C13H18O2. The van der Waals surface area contributed by atoms with Gasteiger partial charge in [-0.15, -0.1) is 0 Å². The smallest absolute Gasteiger partial charge is 0.169 e. The van der Waals surface area contributed by atoms with Crippen molar-refractivity contribution in [2.45, 2.75) is 40.5 Å². The molecule has 0 bridgehead atoms. The van der Waals surface area contributed by atoms with E-state index >= 15 is 0 Å². The van der Waals surface area contributed by atoms with Crippen molar-refractivity contribution in [3.05, 3.63) is 23.3 Å². The van der Waals surface area contributed by atoms with Crippen molar-refractivity contribution in [1.29, 1.82) is 0 Å². The molecule has 0 aliphatic heterocycles. The predicted molar refractivity (Wildman–Crippen MR) is 60.5 cm³/mol. The van der Waals surface area contributed by atoms with Crippen LogP contribution in [-0.2, 0) is 9.59 Å². The highest BCUT2D eigenvalue weighted by molar-refractivity contribution is 6.12. The Bertz CT molecular complexity index is 374. The van der Waals surface area contributed by atoms with E-state index in [1.807, 2.05) is 20.8 Å². The molecule has 0 aromatic carbocycles. The molecule has 0 heterocycles. The second-order valence-corrected chi connectivity index (χ2v) is 4.49. The molecule has 1 aliphatic rings. The van der Waals surface area contributed by atoms with E-state index in [4.69, 9.17) is 0 Å². The minimum atomic E-state index is -0.549. The number of hydrogen-bond donors (Lipinski definition) is 0. The van der Waals surface area contributed by atoms with E-state index < -0.39 is 5.41 Å². The Balaban J connectivity index is 3.21. The van der Waals surface area contributed by atoms with Crippen LogP contribution in [0.2, 0.25) is 0 Å². The van der Waals surface area contributed by atoms with Crippen LogP contribution in [0.25, 0.3) is 0 Å². The van der Waals surface area contributed by atoms with Gasteiger partial charge in [0, 0.05) is 11.1 Å². The molecule has 0 spiro atoms. The topological polar surface area (TPSA) is 34.1 Å². The van der Waals surface area contributed by atoms with Crippen LogP contribution >= 0.6 is 0 Å². The maximum Gasteiger partial charge on any atom is 0.169 e. The van der Waals surface area contributed by atoms with Gasteiger partial charge >= 0.3 is 0 Å². The van der Waals surface area contributed by atoms with Gasteiger partial charge in [0.15, 0.2) is 11.6 Å². The Kier molecular flexibility index (Phi) is 2.98. The summed E-state index contributed by atoms with van der Waals surface area (Å²) in [6.07, 6.45) is 1.16. The highest BCUT2D eigenvalue weighted by Crippen LogP contribution is 2.44. The maximum absolute atomic E-state index is 12.1. The lowest BCUT2D eigenvalue weighted by Gasteiger charge is -2.23. The Labute approximate surface area is 91.1 Å². The summed E-state index contributed by atoms with van der Waals surface area (Å²) in [5.41, 5.74) is 1.70. The highest BCUT2D eigenvalue weighted by Gasteiger charge is 2.43. The van der Waals surface area contributed by atoms with Gasteiger partial charge in [0.25, 0.3) is 0 Å². The molecule has 0 N–H and O–H groups in total. The van der Waals surface area contributed by atoms with Crippen molar-refractivity contribution in [1.82, 2.24) is 0 Å². The number of ketones is 2. The molecule has 15 heavy (non-hydrogen) atoms. The summed E-state index contributed by atoms with van der Waals surface area (Å²) in [6, 6.07) is 0. The molecule has 1 aliphatic carbocycles. The molecule has 0 fully saturated rings. The van der Waals surface area contributed by atoms with E-state index in [2.05, 4.69) is 6.58 Å². The second-order valence-electron chi connectivity index (χ2n) is 4.49. The van der Waals surface area contributed by atoms with E-state index in [1.165, 1.54) is 6.92 Å². The van der Waals surface area contributed by atoms with Gasteiger partial charge in [-0.25, -0.2) is 0 Å². The Morgan fingerprint density at radius 1 is 1.47 bits per heavy atom. The number of rotatable bonds is 3. The summed E-state index contributed by atoms with van der Waals surface area (Å²) in [4.78, 5) is 23.6. The van der Waals surface area contributed by atoms with Gasteiger partial charge in [-0.3, -0.25) is 9.59 Å². The zero-order valence-corrected chi connectivity index (χ0v) is 9.94. The molecule has 2 nitrogen and oxygen atoms in total. The minimum absolute atomic E-state index is 0.0187. The van der Waals surface area contributed by atoms with Crippen molar-refractivity contribution >= 4 is 11.6 Å². The Morgan fingerprint density at radius 3 is 2.27 bits per heavy atom. The molecule has 0 saturated heterocycles. The van der Waals surface area contributed by atoms with Gasteiger partial charge in [0.2, 0.25) is 0 Å². The van der Waals surface area contributed by atoms with Gasteiger partial charge < -0.3 is 0 Å². The van der Waals surface area contributed by atoms with Gasteiger partial charge in [0.05, 0.1) is 5.41 Å². The first-order valence-electron chi connectivity index (χ1n) is 5.28. The fraction of sp³-hybridized carbons (Fsp3) is 0.538. The van der Waals surface area contributed by atoms with E-state index in [9.17, 15) is 9.59 Å². The fourth-order valence-corrected chi connectivity index (χ4v) is 2.07. The number of carbonyl (C=O) groups excluding carboxylic acids is 2. The molecule has 0 aromatic rings. The first-order chi connectivity index (χ1) is 6.84. The van der Waals surface area contributed by atoms with Crippen LogP contribution in [0.4, 0.5) is 0 Å². The zero-order chi connectivity index (χ0) is 11.8. The summed E-state index contributed by atoms with van der Waals surface area (Å²) < 4.78 is 0. The molecule has 0 radical (unpaired) electrons. The van der Waals surface area contributed by atoms with E-state index in [-0.39, 0.29) is 11.6 Å². The van der Waals surface area contributed by atoms with Crippen LogP contribution < -0.4 is 0 Å². The van der Waals surface area contributed by atoms with Crippen LogP contribution in [0.3, 0.4) is 0 Å². The Morgan fingerprint density at radius 2 is 2.00 bits per heavy atom. The van der Waals surface area contributed by atoms with Crippen molar-refractivity contribution in [3.63, 3.8) is 0 Å². The highest BCUT2D eigenvalue weighted by atomic mass is 16.1. The molecule has 2 heteroatoms. The lowest BCUT2D eigenvalue weighted by Crippen LogP contribution is -2.25. The number of allylic oxidation sites excluding steroid dienone is 3. The maximum atomic E-state index is 12.1. The van der Waals surface area contributed by atoms with Crippen molar-refractivity contribution in [3.8, 4) is 0 Å². The van der Waals surface area contributed by atoms with E-state index in [0.717, 1.165) is 5.57 Å². The van der Waals surface area contributed by atoms with Crippen LogP contribution in [0.15, 0.2) is 23.3 Å². The van der Waals surface area contributed by atoms with Gasteiger partial charge in [-0.2, -0.15) is 0 Å². The van der Waals surface area contributed by atoms with Gasteiger partial charge in [-0.1, -0.05) is 19.1 Å². The zero-order valence-electron chi connectivity index (χ0n) is 9.94. The third-order valence-corrected chi connectivity index (χ3v) is 3.39. The summed E-state index contributed by atoms with van der Waals surface area (Å²) in [5.74, 6) is 0.105. The monoisotopic (exact) mass is 206 g/mol. The number of hydrogen-bond acceptors (Lipinski definition) is 2. The lowest BCUT2D eigenvalue weighted by molar-refractivity contribution is -0.121. The van der Waals surface area contributed by atoms with E-state index in [1.54, 1.807) is 0 Å². The Hall–Kier alpha value is -1.18. The number of carbonyl (C=O) groups is 2. The van der Waals surface area contributed by atoms with E-state index in [0.29, 0.717) is 24.0 Å². The second kappa shape index (κ2) is 3.76. The average Bonchev–Trinajstić information content (AvgIpc) is 2.41. The first-order valence-corrected chi connectivity index (χ1v) is 5.28. The molecular weight excluding hydrogens is 188 g/mol. The summed E-state index contributed by atoms with van der Waals surface area (Å²) >= 11 is 0. The lowest BCUT2D eigenvalue weighted by atomic mass is 9.78. The molecule has 1 atom stereocenters. The van der Waals surface area contributed by atoms with Crippen molar-refractivity contribution in [2.24, 2.45) is 5.41 Å². The normalized spacial score (nSPS) is 26.0. The number of Topliss-reactive ketones (excluding diaryl/α,β-unsaturated/α-hetero) is 2.